The normalized spacial score (nSPS) is 15.3. The van der Waals surface area contributed by atoms with Crippen LogP contribution in [0.3, 0.4) is 0 Å². The number of sulfonamides is 1. The van der Waals surface area contributed by atoms with Gasteiger partial charge in [0.2, 0.25) is 10.0 Å². The summed E-state index contributed by atoms with van der Waals surface area (Å²) in [6.45, 7) is 3.60. The van der Waals surface area contributed by atoms with Gasteiger partial charge in [-0.05, 0) is 67.6 Å². The highest BCUT2D eigenvalue weighted by molar-refractivity contribution is 7.89. The Balaban J connectivity index is 1.96. The van der Waals surface area contributed by atoms with Crippen LogP contribution in [0, 0.1) is 13.8 Å². The highest BCUT2D eigenvalue weighted by atomic mass is 32.2. The fourth-order valence-corrected chi connectivity index (χ4v) is 5.05. The first-order chi connectivity index (χ1) is 12.8. The van der Waals surface area contributed by atoms with Crippen LogP contribution in [0.5, 0.6) is 17.2 Å². The van der Waals surface area contributed by atoms with Crippen molar-refractivity contribution in [1.82, 2.24) is 4.72 Å². The average Bonchev–Trinajstić information content (AvgIpc) is 3.42. The maximum absolute atomic E-state index is 13.1. The van der Waals surface area contributed by atoms with Crippen molar-refractivity contribution in [3.05, 3.63) is 47.0 Å². The van der Waals surface area contributed by atoms with Gasteiger partial charge in [-0.15, -0.1) is 0 Å². The van der Waals surface area contributed by atoms with Gasteiger partial charge >= 0.3 is 0 Å². The van der Waals surface area contributed by atoms with Gasteiger partial charge in [-0.3, -0.25) is 0 Å². The third-order valence-corrected chi connectivity index (χ3v) is 6.68. The topological polar surface area (TPSA) is 73.9 Å². The first-order valence-corrected chi connectivity index (χ1v) is 10.2. The molecule has 0 radical (unpaired) electrons. The largest absolute Gasteiger partial charge is 0.496 e. The van der Waals surface area contributed by atoms with Gasteiger partial charge < -0.3 is 14.2 Å². The Labute approximate surface area is 160 Å². The summed E-state index contributed by atoms with van der Waals surface area (Å²) in [5.41, 5.74) is 1.68. The molecule has 0 atom stereocenters. The summed E-state index contributed by atoms with van der Waals surface area (Å²) >= 11 is 0. The van der Waals surface area contributed by atoms with Gasteiger partial charge in [0.05, 0.1) is 31.8 Å². The molecular formula is C20H25NO5S. The van der Waals surface area contributed by atoms with Crippen LogP contribution < -0.4 is 18.9 Å². The number of hydrogen-bond acceptors (Lipinski definition) is 5. The zero-order valence-corrected chi connectivity index (χ0v) is 17.1. The number of benzene rings is 2. The lowest BCUT2D eigenvalue weighted by Crippen LogP contribution is -2.35. The minimum atomic E-state index is -3.69. The van der Waals surface area contributed by atoms with Crippen molar-refractivity contribution in [2.45, 2.75) is 37.1 Å². The lowest BCUT2D eigenvalue weighted by atomic mass is 10.1. The van der Waals surface area contributed by atoms with Crippen LogP contribution in [-0.4, -0.2) is 29.7 Å². The molecule has 6 nitrogen and oxygen atoms in total. The number of nitrogens with one attached hydrogen (secondary N) is 1. The highest BCUT2D eigenvalue weighted by Crippen LogP contribution is 2.48. The molecule has 1 N–H and O–H groups in total. The predicted molar refractivity (Wildman–Crippen MR) is 103 cm³/mol. The second kappa shape index (κ2) is 7.05. The van der Waals surface area contributed by atoms with Gasteiger partial charge in [-0.1, -0.05) is 6.07 Å². The number of ether oxygens (including phenoxy) is 3. The molecular weight excluding hydrogens is 366 g/mol. The fourth-order valence-electron chi connectivity index (χ4n) is 3.29. The van der Waals surface area contributed by atoms with Crippen LogP contribution in [-0.2, 0) is 15.6 Å². The molecule has 1 fully saturated rings. The van der Waals surface area contributed by atoms with E-state index in [1.807, 2.05) is 19.1 Å². The van der Waals surface area contributed by atoms with E-state index in [0.717, 1.165) is 24.0 Å². The molecule has 0 aliphatic heterocycles. The van der Waals surface area contributed by atoms with Crippen molar-refractivity contribution in [2.24, 2.45) is 0 Å². The molecule has 1 aliphatic carbocycles. The van der Waals surface area contributed by atoms with E-state index in [1.54, 1.807) is 46.5 Å². The molecule has 0 aromatic heterocycles. The van der Waals surface area contributed by atoms with Crippen molar-refractivity contribution in [3.63, 3.8) is 0 Å². The molecule has 1 aliphatic rings. The molecule has 0 spiro atoms. The minimum absolute atomic E-state index is 0.271. The van der Waals surface area contributed by atoms with Gasteiger partial charge in [-0.25, -0.2) is 13.1 Å². The Morgan fingerprint density at radius 3 is 2.04 bits per heavy atom. The number of rotatable bonds is 7. The van der Waals surface area contributed by atoms with Crippen molar-refractivity contribution >= 4 is 10.0 Å². The molecule has 0 amide bonds. The molecule has 2 aromatic rings. The van der Waals surface area contributed by atoms with Gasteiger partial charge in [-0.2, -0.15) is 0 Å². The second-order valence-corrected chi connectivity index (χ2v) is 8.50. The number of aryl methyl sites for hydroxylation is 2. The highest BCUT2D eigenvalue weighted by Gasteiger charge is 2.48. The van der Waals surface area contributed by atoms with E-state index >= 15 is 0 Å². The van der Waals surface area contributed by atoms with E-state index in [1.165, 1.54) is 0 Å². The summed E-state index contributed by atoms with van der Waals surface area (Å²) in [6, 6.07) is 8.91. The Kier molecular flexibility index (Phi) is 5.10. The van der Waals surface area contributed by atoms with Crippen molar-refractivity contribution in [1.29, 1.82) is 0 Å². The Morgan fingerprint density at radius 1 is 0.852 bits per heavy atom. The van der Waals surface area contributed by atoms with Crippen molar-refractivity contribution < 1.29 is 22.6 Å². The molecule has 146 valence electrons. The smallest absolute Gasteiger partial charge is 0.241 e. The Bertz CT molecular complexity index is 965. The molecule has 0 heterocycles. The number of methoxy groups -OCH3 is 3. The van der Waals surface area contributed by atoms with Gasteiger partial charge in [0.15, 0.2) is 11.5 Å². The molecule has 0 saturated heterocycles. The molecule has 0 bridgehead atoms. The summed E-state index contributed by atoms with van der Waals surface area (Å²) in [4.78, 5) is 0.271. The summed E-state index contributed by atoms with van der Waals surface area (Å²) in [6.07, 6.45) is 1.46. The van der Waals surface area contributed by atoms with Crippen molar-refractivity contribution in [3.8, 4) is 17.2 Å². The van der Waals surface area contributed by atoms with E-state index in [0.29, 0.717) is 22.8 Å². The molecule has 7 heteroatoms. The maximum atomic E-state index is 13.1. The van der Waals surface area contributed by atoms with E-state index in [2.05, 4.69) is 4.72 Å². The van der Waals surface area contributed by atoms with Crippen LogP contribution >= 0.6 is 0 Å². The second-order valence-electron chi connectivity index (χ2n) is 6.84. The fraction of sp³-hybridized carbons (Fsp3) is 0.400. The van der Waals surface area contributed by atoms with E-state index in [9.17, 15) is 8.42 Å². The quantitative estimate of drug-likeness (QED) is 0.784. The molecule has 2 aromatic carbocycles. The third kappa shape index (κ3) is 3.61. The van der Waals surface area contributed by atoms with Gasteiger partial charge in [0.25, 0.3) is 0 Å². The molecule has 27 heavy (non-hydrogen) atoms. The monoisotopic (exact) mass is 391 g/mol. The standard InChI is InChI=1S/C20H25NO5S/c1-13-11-19(14(2)10-17(13)25-4)27(22,23)21-20(8-9-20)15-6-7-16(24-3)18(12-15)26-5/h6-7,10-12,21H,8-9H2,1-5H3. The van der Waals surface area contributed by atoms with Gasteiger partial charge in [0.1, 0.15) is 5.75 Å². The van der Waals surface area contributed by atoms with E-state index < -0.39 is 15.6 Å². The van der Waals surface area contributed by atoms with Crippen LogP contribution in [0.25, 0.3) is 0 Å². The molecule has 1 saturated carbocycles. The zero-order chi connectivity index (χ0) is 19.8. The maximum Gasteiger partial charge on any atom is 0.241 e. The summed E-state index contributed by atoms with van der Waals surface area (Å²) in [5, 5.41) is 0. The molecule has 0 unspecified atom stereocenters. The van der Waals surface area contributed by atoms with Crippen molar-refractivity contribution in [2.75, 3.05) is 21.3 Å². The van der Waals surface area contributed by atoms with Gasteiger partial charge in [0, 0.05) is 0 Å². The summed E-state index contributed by atoms with van der Waals surface area (Å²) < 4.78 is 45.0. The average molecular weight is 391 g/mol. The Morgan fingerprint density at radius 2 is 1.48 bits per heavy atom. The Hall–Kier alpha value is -2.25. The van der Waals surface area contributed by atoms with E-state index in [-0.39, 0.29) is 4.90 Å². The van der Waals surface area contributed by atoms with Crippen LogP contribution in [0.2, 0.25) is 0 Å². The van der Waals surface area contributed by atoms with E-state index in [4.69, 9.17) is 14.2 Å². The van der Waals surface area contributed by atoms with Crippen LogP contribution in [0.4, 0.5) is 0 Å². The molecule has 3 rings (SSSR count). The first kappa shape index (κ1) is 19.5. The SMILES string of the molecule is COc1cc(C)c(S(=O)(=O)NC2(c3ccc(OC)c(OC)c3)CC2)cc1C. The predicted octanol–water partition coefficient (Wildman–Crippen LogP) is 3.30. The van der Waals surface area contributed by atoms with Crippen LogP contribution in [0.1, 0.15) is 29.5 Å². The summed E-state index contributed by atoms with van der Waals surface area (Å²) in [5.74, 6) is 1.87. The third-order valence-electron chi connectivity index (χ3n) is 5.00. The minimum Gasteiger partial charge on any atom is -0.496 e. The van der Waals surface area contributed by atoms with Crippen LogP contribution in [0.15, 0.2) is 35.2 Å². The lowest BCUT2D eigenvalue weighted by Gasteiger charge is -2.21. The lowest BCUT2D eigenvalue weighted by molar-refractivity contribution is 0.354. The zero-order valence-electron chi connectivity index (χ0n) is 16.3. The number of hydrogen-bond donors (Lipinski definition) is 1. The summed E-state index contributed by atoms with van der Waals surface area (Å²) in [7, 11) is 1.01. The first-order valence-electron chi connectivity index (χ1n) is 8.68.